The molecule has 0 bridgehead atoms. The standard InChI is InChI=1S/C16H13O2P/c17-14-6-2-1-3-9-16-13(10-11-19-16)12-15(18)8-5-4-7-14/h1-11H,12H2/b3-1-,6-2-,7-4-,8-5-,16-9+. The van der Waals surface area contributed by atoms with Crippen molar-refractivity contribution in [1.29, 1.82) is 0 Å². The molecule has 0 radical (unpaired) electrons. The average molecular weight is 268 g/mol. The van der Waals surface area contributed by atoms with Gasteiger partial charge >= 0.3 is 0 Å². The quantitative estimate of drug-likeness (QED) is 0.631. The molecule has 0 saturated carbocycles. The fourth-order valence-corrected chi connectivity index (χ4v) is 2.56. The molecule has 2 nitrogen and oxygen atoms in total. The number of carbonyl (C=O) groups is 2. The SMILES string of the molecule is O=C1\C=C/C=C\C=C2\P=CC=C2CC(=O)/C=C\C=C/1. The van der Waals surface area contributed by atoms with E-state index in [4.69, 9.17) is 0 Å². The minimum absolute atomic E-state index is 0.0383. The molecule has 3 heteroatoms. The highest BCUT2D eigenvalue weighted by molar-refractivity contribution is 7.44. The Hall–Kier alpha value is -2.05. The van der Waals surface area contributed by atoms with E-state index in [0.717, 1.165) is 19.1 Å². The molecular weight excluding hydrogens is 255 g/mol. The fraction of sp³-hybridized carbons (Fsp3) is 0.0625. The molecule has 0 aromatic carbocycles. The summed E-state index contributed by atoms with van der Waals surface area (Å²) in [6.45, 7) is 0. The summed E-state index contributed by atoms with van der Waals surface area (Å²) in [4.78, 5) is 23.1. The highest BCUT2D eigenvalue weighted by Gasteiger charge is 2.09. The minimum Gasteiger partial charge on any atom is -0.294 e. The van der Waals surface area contributed by atoms with E-state index < -0.39 is 0 Å². The van der Waals surface area contributed by atoms with Gasteiger partial charge in [-0.05, 0) is 29.6 Å². The van der Waals surface area contributed by atoms with Crippen LogP contribution in [-0.4, -0.2) is 17.4 Å². The number of ketones is 2. The van der Waals surface area contributed by atoms with Crippen molar-refractivity contribution in [2.24, 2.45) is 0 Å². The third kappa shape index (κ3) is 4.27. The van der Waals surface area contributed by atoms with Gasteiger partial charge in [-0.25, -0.2) is 0 Å². The van der Waals surface area contributed by atoms with Crippen molar-refractivity contribution < 1.29 is 9.59 Å². The molecule has 0 atom stereocenters. The van der Waals surface area contributed by atoms with E-state index in [9.17, 15) is 9.59 Å². The lowest BCUT2D eigenvalue weighted by atomic mass is 10.1. The summed E-state index contributed by atoms with van der Waals surface area (Å²) < 4.78 is 0. The van der Waals surface area contributed by atoms with E-state index in [1.165, 1.54) is 18.2 Å². The molecule has 2 aliphatic rings. The van der Waals surface area contributed by atoms with Gasteiger partial charge in [0.2, 0.25) is 0 Å². The van der Waals surface area contributed by atoms with Crippen LogP contribution >= 0.6 is 8.20 Å². The van der Waals surface area contributed by atoms with Gasteiger partial charge in [-0.1, -0.05) is 50.7 Å². The molecule has 94 valence electrons. The Kier molecular flexibility index (Phi) is 4.77. The third-order valence-electron chi connectivity index (χ3n) is 2.57. The first kappa shape index (κ1) is 13.4. The van der Waals surface area contributed by atoms with Crippen LogP contribution in [0.15, 0.2) is 71.6 Å². The maximum absolute atomic E-state index is 11.8. The van der Waals surface area contributed by atoms with Gasteiger partial charge in [0.1, 0.15) is 0 Å². The summed E-state index contributed by atoms with van der Waals surface area (Å²) in [7, 11) is 1.11. The smallest absolute Gasteiger partial charge is 0.178 e. The van der Waals surface area contributed by atoms with Crippen molar-refractivity contribution in [2.75, 3.05) is 0 Å². The van der Waals surface area contributed by atoms with Gasteiger partial charge in [0, 0.05) is 11.7 Å². The number of hydrogen-bond donors (Lipinski definition) is 0. The largest absolute Gasteiger partial charge is 0.294 e. The lowest BCUT2D eigenvalue weighted by molar-refractivity contribution is -0.114. The Morgan fingerprint density at radius 2 is 1.58 bits per heavy atom. The van der Waals surface area contributed by atoms with Crippen molar-refractivity contribution in [3.63, 3.8) is 0 Å². The van der Waals surface area contributed by atoms with Crippen LogP contribution < -0.4 is 0 Å². The van der Waals surface area contributed by atoms with E-state index in [-0.39, 0.29) is 11.6 Å². The number of carbonyl (C=O) groups excluding carboxylic acids is 2. The van der Waals surface area contributed by atoms with Gasteiger partial charge in [-0.15, -0.1) is 0 Å². The highest BCUT2D eigenvalue weighted by Crippen LogP contribution is 2.30. The second kappa shape index (κ2) is 6.77. The van der Waals surface area contributed by atoms with Gasteiger partial charge in [-0.3, -0.25) is 9.59 Å². The molecule has 1 heterocycles. The fourth-order valence-electron chi connectivity index (χ4n) is 1.65. The molecule has 0 fully saturated rings. The molecule has 0 unspecified atom stereocenters. The molecule has 2 rings (SSSR count). The third-order valence-corrected chi connectivity index (χ3v) is 3.59. The molecule has 1 aliphatic heterocycles. The zero-order valence-corrected chi connectivity index (χ0v) is 11.2. The number of rotatable bonds is 0. The van der Waals surface area contributed by atoms with Gasteiger partial charge in [0.15, 0.2) is 11.6 Å². The summed E-state index contributed by atoms with van der Waals surface area (Å²) >= 11 is 0. The van der Waals surface area contributed by atoms with E-state index in [0.29, 0.717) is 6.42 Å². The molecule has 0 aromatic heterocycles. The molecular formula is C16H13O2P. The van der Waals surface area contributed by atoms with Crippen LogP contribution in [0.4, 0.5) is 0 Å². The van der Waals surface area contributed by atoms with Crippen LogP contribution in [0.1, 0.15) is 6.42 Å². The molecule has 0 aromatic rings. The van der Waals surface area contributed by atoms with Crippen LogP contribution in [0.5, 0.6) is 0 Å². The Balaban J connectivity index is 2.26. The Morgan fingerprint density at radius 3 is 2.42 bits per heavy atom. The van der Waals surface area contributed by atoms with Crippen LogP contribution in [0.3, 0.4) is 0 Å². The van der Waals surface area contributed by atoms with Crippen molar-refractivity contribution in [3.05, 3.63) is 71.6 Å². The van der Waals surface area contributed by atoms with E-state index >= 15 is 0 Å². The lowest BCUT2D eigenvalue weighted by Gasteiger charge is -2.00. The zero-order chi connectivity index (χ0) is 13.5. The normalized spacial score (nSPS) is 29.5. The van der Waals surface area contributed by atoms with Gasteiger partial charge in [-0.2, -0.15) is 0 Å². The highest BCUT2D eigenvalue weighted by atomic mass is 31.1. The predicted octanol–water partition coefficient (Wildman–Crippen LogP) is 3.33. The first-order chi connectivity index (χ1) is 9.25. The van der Waals surface area contributed by atoms with Gasteiger partial charge in [0.25, 0.3) is 0 Å². The maximum atomic E-state index is 11.8. The molecule has 0 saturated heterocycles. The second-order valence-corrected chi connectivity index (χ2v) is 5.07. The molecule has 0 N–H and O–H groups in total. The first-order valence-corrected chi connectivity index (χ1v) is 6.92. The van der Waals surface area contributed by atoms with E-state index in [2.05, 4.69) is 0 Å². The zero-order valence-electron chi connectivity index (χ0n) is 10.3. The van der Waals surface area contributed by atoms with Crippen LogP contribution in [0.2, 0.25) is 0 Å². The summed E-state index contributed by atoms with van der Waals surface area (Å²) in [5.41, 5.74) is 1.06. The maximum Gasteiger partial charge on any atom is 0.178 e. The monoisotopic (exact) mass is 268 g/mol. The van der Waals surface area contributed by atoms with Crippen molar-refractivity contribution in [2.45, 2.75) is 6.42 Å². The number of hydrogen-bond acceptors (Lipinski definition) is 2. The molecule has 19 heavy (non-hydrogen) atoms. The van der Waals surface area contributed by atoms with Crippen LogP contribution in [-0.2, 0) is 9.59 Å². The molecule has 0 amide bonds. The van der Waals surface area contributed by atoms with Crippen LogP contribution in [0.25, 0.3) is 0 Å². The first-order valence-electron chi connectivity index (χ1n) is 5.96. The van der Waals surface area contributed by atoms with Crippen molar-refractivity contribution >= 4 is 25.6 Å². The lowest BCUT2D eigenvalue weighted by Crippen LogP contribution is -1.95. The topological polar surface area (TPSA) is 34.1 Å². The second-order valence-electron chi connectivity index (χ2n) is 4.03. The Labute approximate surface area is 114 Å². The Bertz CT molecular complexity index is 596. The van der Waals surface area contributed by atoms with E-state index in [1.807, 2.05) is 30.1 Å². The van der Waals surface area contributed by atoms with Crippen LogP contribution in [0, 0.1) is 0 Å². The summed E-state index contributed by atoms with van der Waals surface area (Å²) in [5, 5.41) is 1.13. The Morgan fingerprint density at radius 1 is 0.842 bits per heavy atom. The molecule has 1 aliphatic carbocycles. The van der Waals surface area contributed by atoms with Crippen molar-refractivity contribution in [3.8, 4) is 0 Å². The minimum atomic E-state index is -0.0978. The summed E-state index contributed by atoms with van der Waals surface area (Å²) in [5.74, 6) is 1.97. The predicted molar refractivity (Wildman–Crippen MR) is 80.3 cm³/mol. The van der Waals surface area contributed by atoms with Gasteiger partial charge in [0.05, 0.1) is 0 Å². The number of allylic oxidation sites excluding steroid dienone is 12. The number of fused-ring (bicyclic) bond motifs is 1. The average Bonchev–Trinajstić information content (AvgIpc) is 2.81. The van der Waals surface area contributed by atoms with Crippen molar-refractivity contribution in [1.82, 2.24) is 0 Å². The summed E-state index contributed by atoms with van der Waals surface area (Å²) in [6, 6.07) is 0. The van der Waals surface area contributed by atoms with Gasteiger partial charge < -0.3 is 0 Å². The molecule has 0 spiro atoms. The summed E-state index contributed by atoms with van der Waals surface area (Å²) in [6.07, 6.45) is 17.4. The van der Waals surface area contributed by atoms with E-state index in [1.54, 1.807) is 18.2 Å².